The highest BCUT2D eigenvalue weighted by atomic mass is 32.2. The predicted octanol–water partition coefficient (Wildman–Crippen LogP) is 9.46. The smallest absolute Gasteiger partial charge is 0.267 e. The second-order valence-corrected chi connectivity index (χ2v) is 13.7. The Morgan fingerprint density at radius 3 is 1.39 bits per heavy atom. The molecular formula is C34H67NO5S. The first-order chi connectivity index (χ1) is 19.8. The van der Waals surface area contributed by atoms with Gasteiger partial charge >= 0.3 is 0 Å². The number of carbonyl (C=O) groups is 1. The van der Waals surface area contributed by atoms with Gasteiger partial charge in [-0.15, -0.1) is 0 Å². The Morgan fingerprint density at radius 2 is 1.00 bits per heavy atom. The van der Waals surface area contributed by atoms with E-state index in [1.165, 1.54) is 122 Å². The summed E-state index contributed by atoms with van der Waals surface area (Å²) in [7, 11) is -4.33. The van der Waals surface area contributed by atoms with E-state index in [1.807, 2.05) is 6.08 Å². The summed E-state index contributed by atoms with van der Waals surface area (Å²) in [6.45, 7) is 4.48. The molecule has 3 N–H and O–H groups in total. The molecule has 0 heterocycles. The van der Waals surface area contributed by atoms with E-state index < -0.39 is 28.0 Å². The SMILES string of the molecule is CCCCCCCCCC/C=C/C(O)C(CS(=O)(=O)O)NC(=O)CCCCCCCCCCCCCCCCCC. The van der Waals surface area contributed by atoms with E-state index in [0.29, 0.717) is 6.42 Å². The third kappa shape index (κ3) is 30.3. The standard InChI is InChI=1S/C34H67NO5S/c1-3-5-7-9-11-13-15-16-17-18-19-20-22-24-26-28-30-34(37)35-32(31-41(38,39)40)33(36)29-27-25-23-21-14-12-10-8-6-4-2/h27,29,32-33,36H,3-26,28,30-31H2,1-2H3,(H,35,37)(H,38,39,40)/b29-27+. The zero-order valence-electron chi connectivity index (χ0n) is 26.9. The summed E-state index contributed by atoms with van der Waals surface area (Å²) in [5, 5.41) is 13.1. The number of hydrogen-bond acceptors (Lipinski definition) is 4. The third-order valence-corrected chi connectivity index (χ3v) is 8.74. The summed E-state index contributed by atoms with van der Waals surface area (Å²) in [5.41, 5.74) is 0. The first-order valence-electron chi connectivity index (χ1n) is 17.4. The number of hydrogen-bond donors (Lipinski definition) is 3. The molecule has 41 heavy (non-hydrogen) atoms. The van der Waals surface area contributed by atoms with Gasteiger partial charge in [0.1, 0.15) is 0 Å². The summed E-state index contributed by atoms with van der Waals surface area (Å²) >= 11 is 0. The molecule has 0 fully saturated rings. The van der Waals surface area contributed by atoms with Crippen LogP contribution in [0.1, 0.15) is 181 Å². The maximum Gasteiger partial charge on any atom is 0.267 e. The zero-order valence-corrected chi connectivity index (χ0v) is 27.7. The van der Waals surface area contributed by atoms with Gasteiger partial charge in [-0.2, -0.15) is 8.42 Å². The number of unbranched alkanes of at least 4 members (excludes halogenated alkanes) is 23. The predicted molar refractivity (Wildman–Crippen MR) is 175 cm³/mol. The van der Waals surface area contributed by atoms with Gasteiger partial charge < -0.3 is 10.4 Å². The van der Waals surface area contributed by atoms with Gasteiger partial charge in [0.2, 0.25) is 5.91 Å². The molecular weight excluding hydrogens is 534 g/mol. The molecule has 0 aliphatic carbocycles. The van der Waals surface area contributed by atoms with Crippen LogP contribution in [0.2, 0.25) is 0 Å². The van der Waals surface area contributed by atoms with Crippen LogP contribution >= 0.6 is 0 Å². The fourth-order valence-corrected chi connectivity index (χ4v) is 6.07. The van der Waals surface area contributed by atoms with Crippen LogP contribution in [-0.4, -0.2) is 41.9 Å². The van der Waals surface area contributed by atoms with Crippen molar-refractivity contribution < 1.29 is 22.9 Å². The minimum atomic E-state index is -4.33. The van der Waals surface area contributed by atoms with E-state index in [-0.39, 0.29) is 5.91 Å². The van der Waals surface area contributed by atoms with Gasteiger partial charge in [-0.3, -0.25) is 9.35 Å². The van der Waals surface area contributed by atoms with Crippen LogP contribution in [0, 0.1) is 0 Å². The lowest BCUT2D eigenvalue weighted by Gasteiger charge is -2.21. The summed E-state index contributed by atoms with van der Waals surface area (Å²) in [6.07, 6.45) is 33.4. The molecule has 0 saturated carbocycles. The molecule has 0 bridgehead atoms. The highest BCUT2D eigenvalue weighted by Crippen LogP contribution is 2.14. The number of amides is 1. The molecule has 0 radical (unpaired) electrons. The number of aliphatic hydroxyl groups excluding tert-OH is 1. The Labute approximate surface area is 254 Å². The zero-order chi connectivity index (χ0) is 30.4. The average Bonchev–Trinajstić information content (AvgIpc) is 2.92. The quantitative estimate of drug-likeness (QED) is 0.0417. The molecule has 0 rings (SSSR count). The minimum Gasteiger partial charge on any atom is -0.387 e. The minimum absolute atomic E-state index is 0.278. The monoisotopic (exact) mass is 601 g/mol. The molecule has 6 nitrogen and oxygen atoms in total. The fraction of sp³-hybridized carbons (Fsp3) is 0.912. The molecule has 0 spiro atoms. The first kappa shape index (κ1) is 40.1. The lowest BCUT2D eigenvalue weighted by atomic mass is 10.0. The summed E-state index contributed by atoms with van der Waals surface area (Å²) in [5.74, 6) is -0.972. The van der Waals surface area contributed by atoms with E-state index in [2.05, 4.69) is 19.2 Å². The van der Waals surface area contributed by atoms with Gasteiger partial charge in [0, 0.05) is 6.42 Å². The highest BCUT2D eigenvalue weighted by Gasteiger charge is 2.24. The third-order valence-electron chi connectivity index (χ3n) is 7.96. The number of aliphatic hydroxyl groups is 1. The normalized spacial score (nSPS) is 13.6. The van der Waals surface area contributed by atoms with Gasteiger partial charge in [-0.05, 0) is 19.3 Å². The van der Waals surface area contributed by atoms with Crippen LogP contribution in [0.4, 0.5) is 0 Å². The number of allylic oxidation sites excluding steroid dienone is 1. The molecule has 2 atom stereocenters. The molecule has 0 aromatic carbocycles. The van der Waals surface area contributed by atoms with E-state index >= 15 is 0 Å². The van der Waals surface area contributed by atoms with Crippen LogP contribution in [0.15, 0.2) is 12.2 Å². The topological polar surface area (TPSA) is 104 Å². The van der Waals surface area contributed by atoms with Crippen molar-refractivity contribution in [2.45, 2.75) is 193 Å². The largest absolute Gasteiger partial charge is 0.387 e. The maximum absolute atomic E-state index is 12.4. The van der Waals surface area contributed by atoms with Crippen molar-refractivity contribution in [3.05, 3.63) is 12.2 Å². The van der Waals surface area contributed by atoms with Crippen LogP contribution < -0.4 is 5.32 Å². The molecule has 2 unspecified atom stereocenters. The van der Waals surface area contributed by atoms with Gasteiger partial charge in [-0.25, -0.2) is 0 Å². The van der Waals surface area contributed by atoms with Gasteiger partial charge in [0.25, 0.3) is 10.1 Å². The number of rotatable bonds is 31. The first-order valence-corrected chi connectivity index (χ1v) is 19.0. The molecule has 0 aromatic rings. The average molecular weight is 602 g/mol. The lowest BCUT2D eigenvalue weighted by Crippen LogP contribution is -2.46. The molecule has 7 heteroatoms. The fourth-order valence-electron chi connectivity index (χ4n) is 5.33. The van der Waals surface area contributed by atoms with E-state index in [0.717, 1.165) is 38.5 Å². The molecule has 0 aromatic heterocycles. The Bertz CT molecular complexity index is 710. The van der Waals surface area contributed by atoms with Crippen molar-refractivity contribution in [2.24, 2.45) is 0 Å². The van der Waals surface area contributed by atoms with Crippen molar-refractivity contribution in [3.8, 4) is 0 Å². The lowest BCUT2D eigenvalue weighted by molar-refractivity contribution is -0.122. The Morgan fingerprint density at radius 1 is 0.634 bits per heavy atom. The summed E-state index contributed by atoms with van der Waals surface area (Å²) in [4.78, 5) is 12.4. The van der Waals surface area contributed by atoms with Crippen molar-refractivity contribution in [2.75, 3.05) is 5.75 Å². The van der Waals surface area contributed by atoms with Crippen molar-refractivity contribution in [1.29, 1.82) is 0 Å². The Kier molecular flexibility index (Phi) is 28.5. The summed E-state index contributed by atoms with van der Waals surface area (Å²) < 4.78 is 32.2. The van der Waals surface area contributed by atoms with Gasteiger partial charge in [0.05, 0.1) is 17.9 Å². The Hall–Kier alpha value is -0.920. The van der Waals surface area contributed by atoms with Crippen LogP contribution in [0.25, 0.3) is 0 Å². The van der Waals surface area contributed by atoms with Gasteiger partial charge in [0.15, 0.2) is 0 Å². The van der Waals surface area contributed by atoms with Crippen molar-refractivity contribution in [1.82, 2.24) is 5.32 Å². The molecule has 0 aliphatic heterocycles. The maximum atomic E-state index is 12.4. The molecule has 0 saturated heterocycles. The van der Waals surface area contributed by atoms with E-state index in [9.17, 15) is 22.9 Å². The van der Waals surface area contributed by atoms with E-state index in [4.69, 9.17) is 0 Å². The van der Waals surface area contributed by atoms with Crippen molar-refractivity contribution >= 4 is 16.0 Å². The van der Waals surface area contributed by atoms with Crippen LogP contribution in [0.5, 0.6) is 0 Å². The van der Waals surface area contributed by atoms with Gasteiger partial charge in [-0.1, -0.05) is 167 Å². The number of carbonyl (C=O) groups excluding carboxylic acids is 1. The highest BCUT2D eigenvalue weighted by molar-refractivity contribution is 7.85. The second kappa shape index (κ2) is 29.2. The molecule has 0 aliphatic rings. The van der Waals surface area contributed by atoms with Crippen molar-refractivity contribution in [3.63, 3.8) is 0 Å². The summed E-state index contributed by atoms with van der Waals surface area (Å²) in [6, 6.07) is -1.05. The molecule has 244 valence electrons. The number of nitrogens with one attached hydrogen (secondary N) is 1. The molecule has 1 amide bonds. The van der Waals surface area contributed by atoms with Crippen LogP contribution in [-0.2, 0) is 14.9 Å². The van der Waals surface area contributed by atoms with E-state index in [1.54, 1.807) is 6.08 Å². The van der Waals surface area contributed by atoms with Crippen LogP contribution in [0.3, 0.4) is 0 Å². The Balaban J connectivity index is 3.94. The second-order valence-electron chi connectivity index (χ2n) is 12.2.